The highest BCUT2D eigenvalue weighted by molar-refractivity contribution is 7.91. The van der Waals surface area contributed by atoms with Gasteiger partial charge in [0, 0.05) is 18.8 Å². The predicted molar refractivity (Wildman–Crippen MR) is 76.2 cm³/mol. The number of nitrogens with zero attached hydrogens (tertiary/aromatic N) is 1. The van der Waals surface area contributed by atoms with Gasteiger partial charge in [0.05, 0.1) is 16.8 Å². The fourth-order valence-electron chi connectivity index (χ4n) is 2.40. The van der Waals surface area contributed by atoms with Gasteiger partial charge in [0.25, 0.3) is 0 Å². The first-order valence-electron chi connectivity index (χ1n) is 6.70. The molecule has 106 valence electrons. The minimum Gasteiger partial charge on any atom is -0.393 e. The lowest BCUT2D eigenvalue weighted by molar-refractivity contribution is 0.0971. The number of aliphatic hydroxyl groups excluding tert-OH is 1. The van der Waals surface area contributed by atoms with Crippen LogP contribution in [0.2, 0.25) is 0 Å². The molecular formula is C14H21NO3S. The molecule has 0 bridgehead atoms. The Labute approximate surface area is 115 Å². The summed E-state index contributed by atoms with van der Waals surface area (Å²) in [4.78, 5) is 2.57. The van der Waals surface area contributed by atoms with E-state index in [0.29, 0.717) is 4.90 Å². The molecule has 0 saturated carbocycles. The normalized spacial score (nSPS) is 24.5. The molecule has 1 aliphatic rings. The zero-order valence-corrected chi connectivity index (χ0v) is 12.2. The Morgan fingerprint density at radius 3 is 2.47 bits per heavy atom. The molecular weight excluding hydrogens is 262 g/mol. The van der Waals surface area contributed by atoms with Crippen molar-refractivity contribution < 1.29 is 13.5 Å². The molecule has 1 aromatic rings. The highest BCUT2D eigenvalue weighted by Crippen LogP contribution is 2.24. The van der Waals surface area contributed by atoms with Crippen LogP contribution in [0.25, 0.3) is 0 Å². The number of benzene rings is 1. The third kappa shape index (κ3) is 3.09. The number of hydrogen-bond donors (Lipinski definition) is 1. The summed E-state index contributed by atoms with van der Waals surface area (Å²) in [6.45, 7) is 5.30. The van der Waals surface area contributed by atoms with Crippen molar-refractivity contribution in [3.05, 3.63) is 24.3 Å². The first kappa shape index (κ1) is 14.3. The van der Waals surface area contributed by atoms with Gasteiger partial charge < -0.3 is 10.0 Å². The summed E-state index contributed by atoms with van der Waals surface area (Å²) >= 11 is 0. The molecule has 1 fully saturated rings. The molecule has 4 nitrogen and oxygen atoms in total. The van der Waals surface area contributed by atoms with Crippen molar-refractivity contribution in [2.45, 2.75) is 31.3 Å². The number of piperidine rings is 1. The Bertz CT molecular complexity index is 524. The molecule has 1 aromatic carbocycles. The van der Waals surface area contributed by atoms with E-state index in [4.69, 9.17) is 0 Å². The van der Waals surface area contributed by atoms with Crippen LogP contribution in [-0.4, -0.2) is 38.5 Å². The molecule has 0 aromatic heterocycles. The second-order valence-corrected chi connectivity index (χ2v) is 7.45. The second kappa shape index (κ2) is 5.51. The van der Waals surface area contributed by atoms with Crippen LogP contribution < -0.4 is 4.90 Å². The van der Waals surface area contributed by atoms with Crippen LogP contribution in [0, 0.1) is 5.92 Å². The van der Waals surface area contributed by atoms with Crippen molar-refractivity contribution in [3.63, 3.8) is 0 Å². The van der Waals surface area contributed by atoms with Gasteiger partial charge in [0.1, 0.15) is 0 Å². The maximum atomic E-state index is 11.7. The summed E-state index contributed by atoms with van der Waals surface area (Å²) in [6, 6.07) is 7.05. The molecule has 19 heavy (non-hydrogen) atoms. The highest BCUT2D eigenvalue weighted by atomic mass is 32.2. The van der Waals surface area contributed by atoms with Crippen molar-refractivity contribution in [3.8, 4) is 0 Å². The smallest absolute Gasteiger partial charge is 0.178 e. The zero-order chi connectivity index (χ0) is 14.0. The van der Waals surface area contributed by atoms with Gasteiger partial charge in [-0.3, -0.25) is 0 Å². The number of sulfone groups is 1. The van der Waals surface area contributed by atoms with Gasteiger partial charge in [-0.05, 0) is 36.6 Å². The molecule has 1 saturated heterocycles. The lowest BCUT2D eigenvalue weighted by atomic mass is 9.96. The Balaban J connectivity index is 2.15. The second-order valence-electron chi connectivity index (χ2n) is 5.18. The van der Waals surface area contributed by atoms with Crippen LogP contribution in [0.1, 0.15) is 20.3 Å². The molecule has 2 atom stereocenters. The molecule has 1 heterocycles. The van der Waals surface area contributed by atoms with Crippen molar-refractivity contribution in [1.82, 2.24) is 0 Å². The Morgan fingerprint density at radius 2 is 1.95 bits per heavy atom. The van der Waals surface area contributed by atoms with E-state index in [1.807, 2.05) is 19.1 Å². The van der Waals surface area contributed by atoms with Crippen molar-refractivity contribution >= 4 is 15.5 Å². The van der Waals surface area contributed by atoms with E-state index in [1.54, 1.807) is 19.1 Å². The molecule has 2 rings (SSSR count). The molecule has 0 aliphatic carbocycles. The van der Waals surface area contributed by atoms with E-state index >= 15 is 0 Å². The van der Waals surface area contributed by atoms with Gasteiger partial charge in [0.15, 0.2) is 9.84 Å². The van der Waals surface area contributed by atoms with Crippen LogP contribution >= 0.6 is 0 Å². The number of aliphatic hydroxyl groups is 1. The number of rotatable bonds is 3. The highest BCUT2D eigenvalue weighted by Gasteiger charge is 2.24. The van der Waals surface area contributed by atoms with Crippen LogP contribution in [-0.2, 0) is 9.84 Å². The van der Waals surface area contributed by atoms with Crippen LogP contribution in [0.4, 0.5) is 5.69 Å². The maximum Gasteiger partial charge on any atom is 0.178 e. The van der Waals surface area contributed by atoms with E-state index < -0.39 is 9.84 Å². The average Bonchev–Trinajstić information content (AvgIpc) is 2.42. The van der Waals surface area contributed by atoms with E-state index in [0.717, 1.165) is 25.2 Å². The molecule has 0 amide bonds. The average molecular weight is 283 g/mol. The quantitative estimate of drug-likeness (QED) is 0.917. The van der Waals surface area contributed by atoms with Crippen molar-refractivity contribution in [2.75, 3.05) is 23.7 Å². The minimum atomic E-state index is -3.12. The predicted octanol–water partition coefficient (Wildman–Crippen LogP) is 1.69. The van der Waals surface area contributed by atoms with E-state index in [1.165, 1.54) is 0 Å². The summed E-state index contributed by atoms with van der Waals surface area (Å²) in [7, 11) is -3.12. The molecule has 5 heteroatoms. The number of hydrogen-bond acceptors (Lipinski definition) is 4. The SMILES string of the molecule is CCS(=O)(=O)c1ccc(N2CCC(O)C(C)C2)cc1. The van der Waals surface area contributed by atoms with Gasteiger partial charge in [-0.15, -0.1) is 0 Å². The maximum absolute atomic E-state index is 11.7. The summed E-state index contributed by atoms with van der Waals surface area (Å²) in [5, 5.41) is 9.72. The molecule has 1 N–H and O–H groups in total. The van der Waals surface area contributed by atoms with Gasteiger partial charge >= 0.3 is 0 Å². The van der Waals surface area contributed by atoms with E-state index in [2.05, 4.69) is 4.90 Å². The summed E-state index contributed by atoms with van der Waals surface area (Å²) in [5.74, 6) is 0.368. The van der Waals surface area contributed by atoms with Crippen molar-refractivity contribution in [2.24, 2.45) is 5.92 Å². The fraction of sp³-hybridized carbons (Fsp3) is 0.571. The molecule has 2 unspecified atom stereocenters. The van der Waals surface area contributed by atoms with Crippen LogP contribution in [0.3, 0.4) is 0 Å². The largest absolute Gasteiger partial charge is 0.393 e. The molecule has 1 aliphatic heterocycles. The summed E-state index contributed by atoms with van der Waals surface area (Å²) in [6.07, 6.45) is 0.534. The van der Waals surface area contributed by atoms with E-state index in [9.17, 15) is 13.5 Å². The molecule has 0 spiro atoms. The van der Waals surface area contributed by atoms with Gasteiger partial charge in [-0.25, -0.2) is 8.42 Å². The van der Waals surface area contributed by atoms with Gasteiger partial charge in [-0.2, -0.15) is 0 Å². The third-order valence-electron chi connectivity index (χ3n) is 3.80. The monoisotopic (exact) mass is 283 g/mol. The fourth-order valence-corrected chi connectivity index (χ4v) is 3.28. The zero-order valence-electron chi connectivity index (χ0n) is 11.4. The van der Waals surface area contributed by atoms with Gasteiger partial charge in [-0.1, -0.05) is 13.8 Å². The topological polar surface area (TPSA) is 57.6 Å². The molecule has 0 radical (unpaired) electrons. The Hall–Kier alpha value is -1.07. The first-order valence-corrected chi connectivity index (χ1v) is 8.35. The Morgan fingerprint density at radius 1 is 1.32 bits per heavy atom. The Kier molecular flexibility index (Phi) is 4.16. The summed E-state index contributed by atoms with van der Waals surface area (Å²) < 4.78 is 23.5. The van der Waals surface area contributed by atoms with E-state index in [-0.39, 0.29) is 17.8 Å². The summed E-state index contributed by atoms with van der Waals surface area (Å²) in [5.41, 5.74) is 1.02. The van der Waals surface area contributed by atoms with Crippen LogP contribution in [0.15, 0.2) is 29.2 Å². The lowest BCUT2D eigenvalue weighted by Gasteiger charge is -2.36. The van der Waals surface area contributed by atoms with Gasteiger partial charge in [0.2, 0.25) is 0 Å². The standard InChI is InChI=1S/C14H21NO3S/c1-3-19(17,18)13-6-4-12(5-7-13)15-9-8-14(16)11(2)10-15/h4-7,11,14,16H,3,8-10H2,1-2H3. The minimum absolute atomic E-state index is 0.124. The third-order valence-corrected chi connectivity index (χ3v) is 5.55. The lowest BCUT2D eigenvalue weighted by Crippen LogP contribution is -2.41. The van der Waals surface area contributed by atoms with Crippen molar-refractivity contribution in [1.29, 1.82) is 0 Å². The number of anilines is 1. The van der Waals surface area contributed by atoms with Crippen LogP contribution in [0.5, 0.6) is 0 Å². The first-order chi connectivity index (χ1) is 8.94.